The van der Waals surface area contributed by atoms with Crippen LogP contribution < -0.4 is 11.1 Å². The lowest BCUT2D eigenvalue weighted by Gasteiger charge is -2.28. The van der Waals surface area contributed by atoms with Crippen molar-refractivity contribution in [2.24, 2.45) is 16.6 Å². The molecule has 1 unspecified atom stereocenters. The van der Waals surface area contributed by atoms with Crippen LogP contribution in [0.1, 0.15) is 39.0 Å². The van der Waals surface area contributed by atoms with Crippen molar-refractivity contribution in [2.75, 3.05) is 26.2 Å². The van der Waals surface area contributed by atoms with Crippen LogP contribution in [0.5, 0.6) is 0 Å². The van der Waals surface area contributed by atoms with Crippen molar-refractivity contribution in [3.63, 3.8) is 0 Å². The van der Waals surface area contributed by atoms with Crippen LogP contribution in [-0.2, 0) is 4.74 Å². The molecule has 122 valence electrons. The topological polar surface area (TPSA) is 79.9 Å². The lowest BCUT2D eigenvalue weighted by atomic mass is 10.1. The SMILES string of the molecule is CCOC(=O)NC(CN=C(N)N1CCCCC1)C1CC1.I. The molecule has 6 nitrogen and oxygen atoms in total. The highest BCUT2D eigenvalue weighted by molar-refractivity contribution is 14.0. The van der Waals surface area contributed by atoms with Gasteiger partial charge in [-0.1, -0.05) is 0 Å². The molecule has 0 aromatic rings. The molecular formula is C14H27IN4O2. The number of alkyl carbamates (subject to hydrolysis) is 1. The summed E-state index contributed by atoms with van der Waals surface area (Å²) in [5.41, 5.74) is 6.04. The van der Waals surface area contributed by atoms with Crippen molar-refractivity contribution in [3.05, 3.63) is 0 Å². The number of carbonyl (C=O) groups is 1. The van der Waals surface area contributed by atoms with Crippen molar-refractivity contribution in [1.82, 2.24) is 10.2 Å². The summed E-state index contributed by atoms with van der Waals surface area (Å²) in [7, 11) is 0. The Hall–Kier alpha value is -0.730. The van der Waals surface area contributed by atoms with Gasteiger partial charge in [0.1, 0.15) is 0 Å². The first-order valence-electron chi connectivity index (χ1n) is 7.69. The molecule has 3 N–H and O–H groups in total. The van der Waals surface area contributed by atoms with E-state index in [-0.39, 0.29) is 36.1 Å². The third kappa shape index (κ3) is 6.27. The van der Waals surface area contributed by atoms with E-state index in [2.05, 4.69) is 15.2 Å². The first-order valence-corrected chi connectivity index (χ1v) is 7.69. The fourth-order valence-corrected chi connectivity index (χ4v) is 2.55. The molecule has 0 aromatic carbocycles. The van der Waals surface area contributed by atoms with Crippen molar-refractivity contribution >= 4 is 36.0 Å². The minimum atomic E-state index is -0.351. The van der Waals surface area contributed by atoms with Gasteiger partial charge in [0.25, 0.3) is 0 Å². The number of nitrogens with zero attached hydrogens (tertiary/aromatic N) is 2. The average molecular weight is 410 g/mol. The lowest BCUT2D eigenvalue weighted by Crippen LogP contribution is -2.43. The minimum Gasteiger partial charge on any atom is -0.450 e. The summed E-state index contributed by atoms with van der Waals surface area (Å²) in [6.07, 6.45) is 5.59. The van der Waals surface area contributed by atoms with E-state index in [9.17, 15) is 4.79 Å². The maximum Gasteiger partial charge on any atom is 0.407 e. The van der Waals surface area contributed by atoms with Crippen LogP contribution >= 0.6 is 24.0 Å². The highest BCUT2D eigenvalue weighted by atomic mass is 127. The number of hydrogen-bond donors (Lipinski definition) is 2. The number of amides is 1. The van der Waals surface area contributed by atoms with Gasteiger partial charge < -0.3 is 20.7 Å². The monoisotopic (exact) mass is 410 g/mol. The Balaban J connectivity index is 0.00000220. The van der Waals surface area contributed by atoms with Gasteiger partial charge in [0.05, 0.1) is 19.2 Å². The number of carbonyl (C=O) groups excluding carboxylic acids is 1. The van der Waals surface area contributed by atoms with Crippen molar-refractivity contribution in [1.29, 1.82) is 0 Å². The van der Waals surface area contributed by atoms with Crippen LogP contribution in [0, 0.1) is 5.92 Å². The molecule has 1 amide bonds. The highest BCUT2D eigenvalue weighted by Crippen LogP contribution is 2.32. The van der Waals surface area contributed by atoms with Crippen LogP contribution in [0.2, 0.25) is 0 Å². The fraction of sp³-hybridized carbons (Fsp3) is 0.857. The van der Waals surface area contributed by atoms with E-state index in [1.54, 1.807) is 6.92 Å². The molecule has 2 aliphatic rings. The first-order chi connectivity index (χ1) is 9.70. The smallest absolute Gasteiger partial charge is 0.407 e. The maximum atomic E-state index is 11.5. The molecule has 1 aliphatic carbocycles. The molecule has 1 saturated carbocycles. The summed E-state index contributed by atoms with van der Waals surface area (Å²) in [4.78, 5) is 18.1. The summed E-state index contributed by atoms with van der Waals surface area (Å²) in [5.74, 6) is 1.14. The fourth-order valence-electron chi connectivity index (χ4n) is 2.55. The van der Waals surface area contributed by atoms with Gasteiger partial charge in [-0.25, -0.2) is 4.79 Å². The Kier molecular flexibility index (Phi) is 8.13. The normalized spacial score (nSPS) is 20.4. The van der Waals surface area contributed by atoms with Crippen LogP contribution in [0.4, 0.5) is 4.79 Å². The molecule has 1 atom stereocenters. The molecule has 0 aromatic heterocycles. The van der Waals surface area contributed by atoms with E-state index in [4.69, 9.17) is 10.5 Å². The van der Waals surface area contributed by atoms with Gasteiger partial charge in [-0.15, -0.1) is 24.0 Å². The van der Waals surface area contributed by atoms with E-state index >= 15 is 0 Å². The Morgan fingerprint density at radius 3 is 2.62 bits per heavy atom. The molecule has 2 rings (SSSR count). The number of guanidine groups is 1. The number of rotatable bonds is 5. The number of likely N-dealkylation sites (tertiary alicyclic amines) is 1. The third-order valence-electron chi connectivity index (χ3n) is 3.90. The highest BCUT2D eigenvalue weighted by Gasteiger charge is 2.32. The summed E-state index contributed by atoms with van der Waals surface area (Å²) in [6, 6.07) is 0.0531. The standard InChI is InChI=1S/C14H26N4O2.HI/c1-2-20-14(19)17-12(11-6-7-11)10-16-13(15)18-8-4-3-5-9-18;/h11-12H,2-10H2,1H3,(H2,15,16)(H,17,19);1H. The summed E-state index contributed by atoms with van der Waals surface area (Å²) < 4.78 is 4.93. The summed E-state index contributed by atoms with van der Waals surface area (Å²) >= 11 is 0. The van der Waals surface area contributed by atoms with Gasteiger partial charge in [0, 0.05) is 13.1 Å². The number of halogens is 1. The van der Waals surface area contributed by atoms with E-state index < -0.39 is 0 Å². The molecule has 1 aliphatic heterocycles. The van der Waals surface area contributed by atoms with Gasteiger partial charge in [0.15, 0.2) is 5.96 Å². The van der Waals surface area contributed by atoms with Crippen molar-refractivity contribution in [3.8, 4) is 0 Å². The zero-order valence-electron chi connectivity index (χ0n) is 12.7. The van der Waals surface area contributed by atoms with Gasteiger partial charge in [0.2, 0.25) is 0 Å². The lowest BCUT2D eigenvalue weighted by molar-refractivity contribution is 0.147. The number of hydrogen-bond acceptors (Lipinski definition) is 3. The predicted molar refractivity (Wildman–Crippen MR) is 94.0 cm³/mol. The molecule has 7 heteroatoms. The first kappa shape index (κ1) is 18.3. The summed E-state index contributed by atoms with van der Waals surface area (Å²) in [6.45, 7) is 4.73. The second-order valence-electron chi connectivity index (χ2n) is 5.56. The molecule has 21 heavy (non-hydrogen) atoms. The zero-order valence-corrected chi connectivity index (χ0v) is 15.0. The minimum absolute atomic E-state index is 0. The van der Waals surface area contributed by atoms with Gasteiger partial charge in [-0.05, 0) is 44.9 Å². The average Bonchev–Trinajstić information content (AvgIpc) is 3.29. The van der Waals surface area contributed by atoms with Gasteiger partial charge >= 0.3 is 6.09 Å². The summed E-state index contributed by atoms with van der Waals surface area (Å²) in [5, 5.41) is 2.90. The largest absolute Gasteiger partial charge is 0.450 e. The second-order valence-corrected chi connectivity index (χ2v) is 5.56. The Bertz CT molecular complexity index is 355. The van der Waals surface area contributed by atoms with Crippen molar-refractivity contribution < 1.29 is 9.53 Å². The number of nitrogens with one attached hydrogen (secondary N) is 1. The third-order valence-corrected chi connectivity index (χ3v) is 3.90. The van der Waals surface area contributed by atoms with Gasteiger partial charge in [-0.2, -0.15) is 0 Å². The van der Waals surface area contributed by atoms with E-state index in [1.165, 1.54) is 19.3 Å². The van der Waals surface area contributed by atoms with Gasteiger partial charge in [-0.3, -0.25) is 4.99 Å². The Labute approximate surface area is 143 Å². The molecule has 0 bridgehead atoms. The Morgan fingerprint density at radius 2 is 2.05 bits per heavy atom. The molecule has 0 spiro atoms. The molecule has 1 saturated heterocycles. The number of aliphatic imine (C=N–C) groups is 1. The second kappa shape index (κ2) is 9.32. The number of ether oxygens (including phenoxy) is 1. The number of nitrogens with two attached hydrogens (primary N) is 1. The molecular weight excluding hydrogens is 383 g/mol. The predicted octanol–water partition coefficient (Wildman–Crippen LogP) is 1.93. The molecule has 0 radical (unpaired) electrons. The van der Waals surface area contributed by atoms with Crippen LogP contribution in [0.3, 0.4) is 0 Å². The van der Waals surface area contributed by atoms with E-state index in [1.807, 2.05) is 0 Å². The van der Waals surface area contributed by atoms with E-state index in [0.29, 0.717) is 25.0 Å². The van der Waals surface area contributed by atoms with Crippen LogP contribution in [0.15, 0.2) is 4.99 Å². The Morgan fingerprint density at radius 1 is 1.38 bits per heavy atom. The number of piperidine rings is 1. The molecule has 2 fully saturated rings. The molecule has 1 heterocycles. The maximum absolute atomic E-state index is 11.5. The van der Waals surface area contributed by atoms with E-state index in [0.717, 1.165) is 25.9 Å². The van der Waals surface area contributed by atoms with Crippen LogP contribution in [0.25, 0.3) is 0 Å². The van der Waals surface area contributed by atoms with Crippen LogP contribution in [-0.4, -0.2) is 49.2 Å². The quantitative estimate of drug-likeness (QED) is 0.413. The van der Waals surface area contributed by atoms with Crippen molar-refractivity contribution in [2.45, 2.75) is 45.1 Å². The zero-order chi connectivity index (χ0) is 14.4.